The van der Waals surface area contributed by atoms with E-state index in [-0.39, 0.29) is 0 Å². The maximum absolute atomic E-state index is 4.97. The number of aryl methyl sites for hydroxylation is 1. The van der Waals surface area contributed by atoms with Crippen molar-refractivity contribution >= 4 is 17.6 Å². The minimum atomic E-state index is 0.366. The number of hydrogen-bond acceptors (Lipinski definition) is 8. The van der Waals surface area contributed by atoms with Crippen LogP contribution in [0.1, 0.15) is 12.2 Å². The monoisotopic (exact) mass is 264 g/mol. The van der Waals surface area contributed by atoms with Crippen LogP contribution < -0.4 is 10.6 Å². The van der Waals surface area contributed by atoms with Gasteiger partial charge in [-0.05, 0) is 13.3 Å². The molecule has 0 aliphatic carbocycles. The van der Waals surface area contributed by atoms with Crippen LogP contribution in [0.3, 0.4) is 0 Å². The summed E-state index contributed by atoms with van der Waals surface area (Å²) in [5.41, 5.74) is 0. The third-order valence-electron chi connectivity index (χ3n) is 2.26. The molecule has 0 amide bonds. The number of aromatic nitrogens is 4. The van der Waals surface area contributed by atoms with Gasteiger partial charge in [0.2, 0.25) is 5.95 Å². The lowest BCUT2D eigenvalue weighted by Gasteiger charge is -2.05. The molecule has 2 aromatic rings. The molecule has 0 aliphatic heterocycles. The van der Waals surface area contributed by atoms with Gasteiger partial charge in [-0.1, -0.05) is 5.16 Å². The summed E-state index contributed by atoms with van der Waals surface area (Å²) in [6.07, 6.45) is 2.46. The Balaban J connectivity index is 1.91. The fourth-order valence-electron chi connectivity index (χ4n) is 1.41. The van der Waals surface area contributed by atoms with Gasteiger partial charge in [0, 0.05) is 26.3 Å². The second-order valence-electron chi connectivity index (χ2n) is 3.89. The van der Waals surface area contributed by atoms with Gasteiger partial charge in [0.25, 0.3) is 0 Å². The van der Waals surface area contributed by atoms with Crippen molar-refractivity contribution in [3.63, 3.8) is 0 Å². The van der Waals surface area contributed by atoms with E-state index in [0.29, 0.717) is 30.0 Å². The largest absolute Gasteiger partial charge is 0.385 e. The molecule has 19 heavy (non-hydrogen) atoms. The van der Waals surface area contributed by atoms with Crippen molar-refractivity contribution in [2.75, 3.05) is 30.9 Å². The van der Waals surface area contributed by atoms with Gasteiger partial charge in [-0.2, -0.15) is 10.1 Å². The Labute approximate surface area is 110 Å². The van der Waals surface area contributed by atoms with Crippen LogP contribution in [0.2, 0.25) is 0 Å². The van der Waals surface area contributed by atoms with Gasteiger partial charge in [0.05, 0.1) is 6.20 Å². The second-order valence-corrected chi connectivity index (χ2v) is 3.89. The Kier molecular flexibility index (Phi) is 4.62. The first kappa shape index (κ1) is 13.2. The number of nitrogens with zero attached hydrogens (tertiary/aromatic N) is 4. The molecule has 0 radical (unpaired) electrons. The smallest absolute Gasteiger partial charge is 0.250 e. The Morgan fingerprint density at radius 3 is 3.00 bits per heavy atom. The maximum atomic E-state index is 4.97. The number of nitrogens with one attached hydrogen (secondary N) is 2. The Hall–Kier alpha value is -2.22. The van der Waals surface area contributed by atoms with Crippen molar-refractivity contribution in [3.05, 3.63) is 18.0 Å². The first-order chi connectivity index (χ1) is 9.28. The first-order valence-electron chi connectivity index (χ1n) is 5.91. The molecule has 0 atom stereocenters. The molecule has 102 valence electrons. The molecule has 0 saturated heterocycles. The van der Waals surface area contributed by atoms with E-state index in [1.54, 1.807) is 19.4 Å². The lowest BCUT2D eigenvalue weighted by Crippen LogP contribution is -2.08. The topological polar surface area (TPSA) is 98.0 Å². The highest BCUT2D eigenvalue weighted by Gasteiger charge is 2.04. The van der Waals surface area contributed by atoms with E-state index >= 15 is 0 Å². The first-order valence-corrected chi connectivity index (χ1v) is 5.91. The molecule has 2 heterocycles. The van der Waals surface area contributed by atoms with Crippen molar-refractivity contribution in [1.29, 1.82) is 0 Å². The van der Waals surface area contributed by atoms with Gasteiger partial charge in [-0.25, -0.2) is 0 Å². The fourth-order valence-corrected chi connectivity index (χ4v) is 1.41. The molecule has 0 spiro atoms. The van der Waals surface area contributed by atoms with Crippen LogP contribution in [0.15, 0.2) is 16.8 Å². The molecule has 2 aromatic heterocycles. The zero-order valence-electron chi connectivity index (χ0n) is 10.9. The van der Waals surface area contributed by atoms with E-state index < -0.39 is 0 Å². The predicted octanol–water partition coefficient (Wildman–Crippen LogP) is 1.36. The van der Waals surface area contributed by atoms with Crippen LogP contribution in [0.25, 0.3) is 0 Å². The molecule has 0 unspecified atom stereocenters. The van der Waals surface area contributed by atoms with E-state index in [1.807, 2.05) is 6.92 Å². The lowest BCUT2D eigenvalue weighted by molar-refractivity contribution is 0.197. The minimum absolute atomic E-state index is 0.366. The molecule has 0 aliphatic rings. The van der Waals surface area contributed by atoms with E-state index in [2.05, 4.69) is 31.0 Å². The van der Waals surface area contributed by atoms with Gasteiger partial charge in [0.1, 0.15) is 5.76 Å². The maximum Gasteiger partial charge on any atom is 0.250 e. The van der Waals surface area contributed by atoms with Crippen LogP contribution >= 0.6 is 0 Å². The zero-order valence-corrected chi connectivity index (χ0v) is 10.9. The molecule has 2 N–H and O–H groups in total. The molecule has 8 nitrogen and oxygen atoms in total. The summed E-state index contributed by atoms with van der Waals surface area (Å²) in [4.78, 5) is 4.26. The Morgan fingerprint density at radius 1 is 1.37 bits per heavy atom. The number of ether oxygens (including phenoxy) is 1. The van der Waals surface area contributed by atoms with E-state index in [1.165, 1.54) is 0 Å². The normalized spacial score (nSPS) is 10.4. The summed E-state index contributed by atoms with van der Waals surface area (Å²) in [7, 11) is 1.67. The van der Waals surface area contributed by atoms with Gasteiger partial charge >= 0.3 is 0 Å². The van der Waals surface area contributed by atoms with Crippen LogP contribution in [-0.4, -0.2) is 40.6 Å². The number of hydrogen-bond donors (Lipinski definition) is 2. The van der Waals surface area contributed by atoms with Gasteiger partial charge in [0.15, 0.2) is 11.6 Å². The second kappa shape index (κ2) is 6.64. The SMILES string of the molecule is COCCCNc1cnnc(Nc2cc(C)on2)n1. The lowest BCUT2D eigenvalue weighted by atomic mass is 10.4. The number of methoxy groups -OCH3 is 1. The third-order valence-corrected chi connectivity index (χ3v) is 2.26. The minimum Gasteiger partial charge on any atom is -0.385 e. The van der Waals surface area contributed by atoms with Crippen molar-refractivity contribution in [2.45, 2.75) is 13.3 Å². The molecular formula is C11H16N6O2. The van der Waals surface area contributed by atoms with Crippen LogP contribution in [0.4, 0.5) is 17.6 Å². The summed E-state index contributed by atoms with van der Waals surface area (Å²) >= 11 is 0. The fraction of sp³-hybridized carbons (Fsp3) is 0.455. The molecule has 2 rings (SSSR count). The van der Waals surface area contributed by atoms with Gasteiger partial charge in [-0.15, -0.1) is 5.10 Å². The van der Waals surface area contributed by atoms with E-state index in [4.69, 9.17) is 9.26 Å². The van der Waals surface area contributed by atoms with Crippen LogP contribution in [0.5, 0.6) is 0 Å². The van der Waals surface area contributed by atoms with E-state index in [9.17, 15) is 0 Å². The van der Waals surface area contributed by atoms with Crippen molar-refractivity contribution < 1.29 is 9.26 Å². The highest BCUT2D eigenvalue weighted by molar-refractivity contribution is 5.48. The van der Waals surface area contributed by atoms with Crippen molar-refractivity contribution in [2.24, 2.45) is 0 Å². The van der Waals surface area contributed by atoms with Crippen LogP contribution in [-0.2, 0) is 4.74 Å². The zero-order chi connectivity index (χ0) is 13.5. The summed E-state index contributed by atoms with van der Waals surface area (Å²) < 4.78 is 9.91. The number of rotatable bonds is 7. The highest BCUT2D eigenvalue weighted by Crippen LogP contribution is 2.12. The summed E-state index contributed by atoms with van der Waals surface area (Å²) in [6.45, 7) is 3.27. The summed E-state index contributed by atoms with van der Waals surface area (Å²) in [5.74, 6) is 2.28. The molecule has 0 aromatic carbocycles. The number of anilines is 3. The molecule has 8 heteroatoms. The average Bonchev–Trinajstić information content (AvgIpc) is 2.81. The highest BCUT2D eigenvalue weighted by atomic mass is 16.5. The quantitative estimate of drug-likeness (QED) is 0.723. The summed E-state index contributed by atoms with van der Waals surface area (Å²) in [6, 6.07) is 1.75. The van der Waals surface area contributed by atoms with Gasteiger partial charge in [-0.3, -0.25) is 0 Å². The Morgan fingerprint density at radius 2 is 2.26 bits per heavy atom. The standard InChI is InChI=1S/C11H16N6O2/c1-8-6-9(17-19-8)14-11-15-10(7-13-16-11)12-4-3-5-18-2/h6-7H,3-5H2,1-2H3,(H2,12,14,15,16,17). The van der Waals surface area contributed by atoms with E-state index in [0.717, 1.165) is 13.0 Å². The Bertz CT molecular complexity index is 515. The van der Waals surface area contributed by atoms with Crippen molar-refractivity contribution in [1.82, 2.24) is 20.3 Å². The molecule has 0 fully saturated rings. The molecule has 0 saturated carbocycles. The third kappa shape index (κ3) is 4.18. The van der Waals surface area contributed by atoms with Gasteiger partial charge < -0.3 is 19.9 Å². The predicted molar refractivity (Wildman–Crippen MR) is 69.3 cm³/mol. The summed E-state index contributed by atoms with van der Waals surface area (Å²) in [5, 5.41) is 17.6. The molecule has 0 bridgehead atoms. The molecular weight excluding hydrogens is 248 g/mol. The average molecular weight is 264 g/mol. The van der Waals surface area contributed by atoms with Crippen LogP contribution in [0, 0.1) is 6.92 Å². The van der Waals surface area contributed by atoms with Crippen molar-refractivity contribution in [3.8, 4) is 0 Å².